The molecule has 0 unspecified atom stereocenters. The van der Waals surface area contributed by atoms with Crippen LogP contribution in [0.15, 0.2) is 47.4 Å². The van der Waals surface area contributed by atoms with Crippen molar-refractivity contribution in [1.29, 1.82) is 0 Å². The van der Waals surface area contributed by atoms with Gasteiger partial charge in [0, 0.05) is 37.5 Å². The Morgan fingerprint density at radius 1 is 1.13 bits per heavy atom. The molecule has 5 heteroatoms. The number of benzene rings is 1. The van der Waals surface area contributed by atoms with Crippen LogP contribution < -0.4 is 15.4 Å². The molecule has 1 amide bonds. The van der Waals surface area contributed by atoms with Gasteiger partial charge in [-0.1, -0.05) is 12.1 Å². The summed E-state index contributed by atoms with van der Waals surface area (Å²) >= 11 is 0. The molecule has 1 saturated carbocycles. The first-order chi connectivity index (χ1) is 11.2. The molecular formula is C18H19N3O2. The number of hydrogen-bond acceptors (Lipinski definition) is 3. The smallest absolute Gasteiger partial charge is 0.258 e. The molecule has 1 aliphatic heterocycles. The highest BCUT2D eigenvalue weighted by atomic mass is 16.2. The third kappa shape index (κ3) is 2.74. The quantitative estimate of drug-likeness (QED) is 0.946. The average Bonchev–Trinajstić information content (AvgIpc) is 3.39. The second-order valence-electron chi connectivity index (χ2n) is 6.28. The first-order valence-electron chi connectivity index (χ1n) is 8.07. The summed E-state index contributed by atoms with van der Waals surface area (Å²) in [6.07, 6.45) is 4.15. The summed E-state index contributed by atoms with van der Waals surface area (Å²) in [7, 11) is 0. The molecule has 2 aliphatic rings. The lowest BCUT2D eigenvalue weighted by molar-refractivity contribution is 0.0986. The van der Waals surface area contributed by atoms with Crippen LogP contribution in [0.5, 0.6) is 0 Å². The van der Waals surface area contributed by atoms with Crippen LogP contribution in [0.1, 0.15) is 23.2 Å². The Morgan fingerprint density at radius 2 is 1.91 bits per heavy atom. The third-order valence-electron chi connectivity index (χ3n) is 4.55. The minimum absolute atomic E-state index is 0.116. The molecule has 0 saturated heterocycles. The van der Waals surface area contributed by atoms with Crippen LogP contribution in [0.3, 0.4) is 0 Å². The highest BCUT2D eigenvalue weighted by molar-refractivity contribution is 6.08. The molecule has 1 aromatic carbocycles. The molecule has 5 nitrogen and oxygen atoms in total. The van der Waals surface area contributed by atoms with E-state index < -0.39 is 0 Å². The number of anilines is 2. The lowest BCUT2D eigenvalue weighted by atomic mass is 10.1. The largest absolute Gasteiger partial charge is 0.368 e. The van der Waals surface area contributed by atoms with E-state index in [1.807, 2.05) is 18.2 Å². The zero-order chi connectivity index (χ0) is 15.8. The minimum Gasteiger partial charge on any atom is -0.368 e. The van der Waals surface area contributed by atoms with Gasteiger partial charge in [-0.05, 0) is 37.0 Å². The van der Waals surface area contributed by atoms with Gasteiger partial charge in [-0.3, -0.25) is 9.59 Å². The van der Waals surface area contributed by atoms with Gasteiger partial charge in [0.05, 0.1) is 11.4 Å². The monoisotopic (exact) mass is 309 g/mol. The highest BCUT2D eigenvalue weighted by Gasteiger charge is 2.31. The van der Waals surface area contributed by atoms with Gasteiger partial charge in [-0.2, -0.15) is 0 Å². The molecule has 2 heterocycles. The second kappa shape index (κ2) is 5.57. The number of aromatic amines is 1. The number of aromatic nitrogens is 1. The van der Waals surface area contributed by atoms with Gasteiger partial charge >= 0.3 is 0 Å². The third-order valence-corrected chi connectivity index (χ3v) is 4.55. The molecule has 0 radical (unpaired) electrons. The zero-order valence-corrected chi connectivity index (χ0v) is 12.9. The highest BCUT2D eigenvalue weighted by Crippen LogP contribution is 2.37. The molecule has 1 fully saturated rings. The molecule has 4 rings (SSSR count). The molecule has 0 bridgehead atoms. The second-order valence-corrected chi connectivity index (χ2v) is 6.28. The normalized spacial score (nSPS) is 17.0. The number of rotatable bonds is 3. The van der Waals surface area contributed by atoms with Crippen LogP contribution in [0.2, 0.25) is 0 Å². The topological polar surface area (TPSA) is 56.4 Å². The number of amides is 1. The molecule has 23 heavy (non-hydrogen) atoms. The number of H-pyrrole nitrogens is 1. The maximum atomic E-state index is 12.8. The number of nitrogens with zero attached hydrogens (tertiary/aromatic N) is 2. The minimum atomic E-state index is -0.253. The van der Waals surface area contributed by atoms with Crippen molar-refractivity contribution < 1.29 is 4.79 Å². The summed E-state index contributed by atoms with van der Waals surface area (Å²) < 4.78 is 0. The Bertz CT molecular complexity index is 795. The lowest BCUT2D eigenvalue weighted by Crippen LogP contribution is -2.45. The van der Waals surface area contributed by atoms with Crippen molar-refractivity contribution in [1.82, 2.24) is 4.98 Å². The van der Waals surface area contributed by atoms with E-state index in [0.29, 0.717) is 12.1 Å². The van der Waals surface area contributed by atoms with Crippen molar-refractivity contribution in [3.05, 3.63) is 58.5 Å². The van der Waals surface area contributed by atoms with Gasteiger partial charge in [0.2, 0.25) is 5.56 Å². The van der Waals surface area contributed by atoms with Crippen molar-refractivity contribution in [2.24, 2.45) is 5.92 Å². The molecular weight excluding hydrogens is 290 g/mol. The Labute approximate surface area is 134 Å². The summed E-state index contributed by atoms with van der Waals surface area (Å²) in [4.78, 5) is 31.0. The van der Waals surface area contributed by atoms with Gasteiger partial charge in [0.15, 0.2) is 0 Å². The number of para-hydroxylation sites is 2. The van der Waals surface area contributed by atoms with E-state index in [2.05, 4.69) is 16.0 Å². The van der Waals surface area contributed by atoms with Crippen LogP contribution in [0, 0.1) is 5.92 Å². The standard InChI is InChI=1S/C18H19N3O2/c22-17-11-14(7-8-19-17)18(23)21-10-9-20(12-13-5-6-13)15-3-1-2-4-16(15)21/h1-4,7-8,11,13H,5-6,9-10,12H2,(H,19,22). The summed E-state index contributed by atoms with van der Waals surface area (Å²) in [5.41, 5.74) is 2.23. The number of hydrogen-bond donors (Lipinski definition) is 1. The van der Waals surface area contributed by atoms with E-state index in [-0.39, 0.29) is 11.5 Å². The molecule has 1 aliphatic carbocycles. The molecule has 0 spiro atoms. The first kappa shape index (κ1) is 14.1. The van der Waals surface area contributed by atoms with E-state index in [1.165, 1.54) is 25.1 Å². The Hall–Kier alpha value is -2.56. The summed E-state index contributed by atoms with van der Waals surface area (Å²) in [5, 5.41) is 0. The van der Waals surface area contributed by atoms with E-state index in [1.54, 1.807) is 11.0 Å². The molecule has 2 aromatic rings. The van der Waals surface area contributed by atoms with Crippen molar-refractivity contribution in [2.45, 2.75) is 12.8 Å². The maximum Gasteiger partial charge on any atom is 0.258 e. The van der Waals surface area contributed by atoms with Crippen LogP contribution in [0.25, 0.3) is 0 Å². The summed E-state index contributed by atoms with van der Waals surface area (Å²) in [5.74, 6) is 0.688. The summed E-state index contributed by atoms with van der Waals surface area (Å²) in [6.45, 7) is 2.56. The zero-order valence-electron chi connectivity index (χ0n) is 12.9. The molecule has 1 aromatic heterocycles. The Kier molecular flexibility index (Phi) is 3.41. The van der Waals surface area contributed by atoms with Gasteiger partial charge in [0.25, 0.3) is 5.91 Å². The predicted molar refractivity (Wildman–Crippen MR) is 90.1 cm³/mol. The number of pyridine rings is 1. The van der Waals surface area contributed by atoms with Crippen molar-refractivity contribution >= 4 is 17.3 Å². The molecule has 1 N–H and O–H groups in total. The van der Waals surface area contributed by atoms with Gasteiger partial charge < -0.3 is 14.8 Å². The number of fused-ring (bicyclic) bond motifs is 1. The fraction of sp³-hybridized carbons (Fsp3) is 0.333. The van der Waals surface area contributed by atoms with E-state index in [4.69, 9.17) is 0 Å². The fourth-order valence-corrected chi connectivity index (χ4v) is 3.17. The van der Waals surface area contributed by atoms with Crippen LogP contribution in [-0.4, -0.2) is 30.5 Å². The van der Waals surface area contributed by atoms with Gasteiger partial charge in [-0.15, -0.1) is 0 Å². The van der Waals surface area contributed by atoms with Crippen molar-refractivity contribution in [3.8, 4) is 0 Å². The fourth-order valence-electron chi connectivity index (χ4n) is 3.17. The van der Waals surface area contributed by atoms with Crippen molar-refractivity contribution in [2.75, 3.05) is 29.4 Å². The summed E-state index contributed by atoms with van der Waals surface area (Å²) in [6, 6.07) is 11.1. The Morgan fingerprint density at radius 3 is 2.65 bits per heavy atom. The van der Waals surface area contributed by atoms with E-state index in [0.717, 1.165) is 30.4 Å². The SMILES string of the molecule is O=C(c1cc[nH]c(=O)c1)N1CCN(CC2CC2)c2ccccc21. The Balaban J connectivity index is 1.66. The molecule has 118 valence electrons. The number of carbonyl (C=O) groups excluding carboxylic acids is 1. The van der Waals surface area contributed by atoms with Crippen molar-refractivity contribution in [3.63, 3.8) is 0 Å². The van der Waals surface area contributed by atoms with E-state index in [9.17, 15) is 9.59 Å². The first-order valence-corrected chi connectivity index (χ1v) is 8.07. The lowest BCUT2D eigenvalue weighted by Gasteiger charge is -2.38. The predicted octanol–water partition coefficient (Wildman–Crippen LogP) is 2.25. The van der Waals surface area contributed by atoms with E-state index >= 15 is 0 Å². The maximum absolute atomic E-state index is 12.8. The van der Waals surface area contributed by atoms with Gasteiger partial charge in [0.1, 0.15) is 0 Å². The van der Waals surface area contributed by atoms with Gasteiger partial charge in [-0.25, -0.2) is 0 Å². The number of carbonyl (C=O) groups is 1. The van der Waals surface area contributed by atoms with Crippen LogP contribution in [0.4, 0.5) is 11.4 Å². The van der Waals surface area contributed by atoms with Crippen LogP contribution >= 0.6 is 0 Å². The molecule has 0 atom stereocenters. The van der Waals surface area contributed by atoms with Crippen LogP contribution in [-0.2, 0) is 0 Å². The number of nitrogens with one attached hydrogen (secondary N) is 1. The average molecular weight is 309 g/mol.